The number of amides is 1. The van der Waals surface area contributed by atoms with E-state index in [0.29, 0.717) is 12.5 Å². The Hall–Kier alpha value is -1.08. The number of nitrogens with zero attached hydrogens (tertiary/aromatic N) is 2. The van der Waals surface area contributed by atoms with Crippen molar-refractivity contribution < 1.29 is 4.79 Å². The van der Waals surface area contributed by atoms with E-state index in [0.717, 1.165) is 13.1 Å². The molecule has 17 heavy (non-hydrogen) atoms. The van der Waals surface area contributed by atoms with Gasteiger partial charge in [-0.25, -0.2) is 0 Å². The van der Waals surface area contributed by atoms with E-state index in [9.17, 15) is 4.79 Å². The second-order valence-corrected chi connectivity index (χ2v) is 6.08. The smallest absolute Gasteiger partial charge is 0.238 e. The van der Waals surface area contributed by atoms with Crippen LogP contribution in [0.15, 0.2) is 0 Å². The lowest BCUT2D eigenvalue weighted by molar-refractivity contribution is -0.125. The summed E-state index contributed by atoms with van der Waals surface area (Å²) in [5.41, 5.74) is 0.0642. The zero-order valence-corrected chi connectivity index (χ0v) is 11.3. The maximum atomic E-state index is 12.0. The molecule has 1 rings (SSSR count). The molecule has 1 saturated heterocycles. The largest absolute Gasteiger partial charge is 0.354 e. The third kappa shape index (κ3) is 4.01. The highest BCUT2D eigenvalue weighted by Gasteiger charge is 2.35. The third-order valence-corrected chi connectivity index (χ3v) is 3.00. The zero-order chi connectivity index (χ0) is 13.1. The fourth-order valence-electron chi connectivity index (χ4n) is 2.29. The maximum Gasteiger partial charge on any atom is 0.238 e. The molecule has 1 aliphatic heterocycles. The van der Waals surface area contributed by atoms with Crippen molar-refractivity contribution in [2.75, 3.05) is 19.6 Å². The average Bonchev–Trinajstić information content (AvgIpc) is 2.29. The first kappa shape index (κ1) is 14.0. The van der Waals surface area contributed by atoms with Crippen LogP contribution in [0, 0.1) is 22.7 Å². The molecular formula is C13H23N3O. The van der Waals surface area contributed by atoms with Gasteiger partial charge >= 0.3 is 0 Å². The molecule has 1 amide bonds. The van der Waals surface area contributed by atoms with Crippen LogP contribution in [-0.2, 0) is 4.79 Å². The minimum atomic E-state index is -0.288. The number of hydrogen-bond donors (Lipinski definition) is 1. The molecule has 0 spiro atoms. The Bertz CT molecular complexity index is 317. The van der Waals surface area contributed by atoms with Gasteiger partial charge < -0.3 is 5.32 Å². The van der Waals surface area contributed by atoms with Gasteiger partial charge in [-0.1, -0.05) is 27.7 Å². The molecule has 0 radical (unpaired) electrons. The minimum Gasteiger partial charge on any atom is -0.354 e. The molecule has 0 aromatic heterocycles. The minimum absolute atomic E-state index is 0.00206. The van der Waals surface area contributed by atoms with Gasteiger partial charge in [-0.05, 0) is 11.3 Å². The average molecular weight is 237 g/mol. The summed E-state index contributed by atoms with van der Waals surface area (Å²) in [6.07, 6.45) is 0.272. The van der Waals surface area contributed by atoms with Crippen molar-refractivity contribution >= 4 is 5.91 Å². The van der Waals surface area contributed by atoms with Gasteiger partial charge in [0, 0.05) is 19.6 Å². The summed E-state index contributed by atoms with van der Waals surface area (Å²) in [6, 6.07) is 1.84. The first-order valence-electron chi connectivity index (χ1n) is 6.24. The summed E-state index contributed by atoms with van der Waals surface area (Å²) >= 11 is 0. The van der Waals surface area contributed by atoms with E-state index < -0.39 is 0 Å². The molecule has 1 atom stereocenters. The number of nitrogens with one attached hydrogen (secondary N) is 1. The van der Waals surface area contributed by atoms with Crippen LogP contribution in [0.25, 0.3) is 0 Å². The monoisotopic (exact) mass is 237 g/mol. The number of hydrogen-bond acceptors (Lipinski definition) is 3. The van der Waals surface area contributed by atoms with Crippen LogP contribution in [-0.4, -0.2) is 36.5 Å². The van der Waals surface area contributed by atoms with E-state index in [2.05, 4.69) is 44.0 Å². The molecule has 0 saturated carbocycles. The summed E-state index contributed by atoms with van der Waals surface area (Å²) in [7, 11) is 0. The molecule has 4 nitrogen and oxygen atoms in total. The standard InChI is InChI=1S/C13H23N3O/c1-10(2)7-16-9-13(3,4)8-15-12(17)11(16)5-6-14/h10-11H,5,7-9H2,1-4H3,(H,15,17). The lowest BCUT2D eigenvalue weighted by Crippen LogP contribution is -2.46. The van der Waals surface area contributed by atoms with E-state index in [1.807, 2.05) is 0 Å². The summed E-state index contributed by atoms with van der Waals surface area (Å²) in [5.74, 6) is 0.496. The van der Waals surface area contributed by atoms with Crippen molar-refractivity contribution in [1.29, 1.82) is 5.26 Å². The second kappa shape index (κ2) is 5.50. The summed E-state index contributed by atoms with van der Waals surface area (Å²) in [5, 5.41) is 11.8. The normalized spacial score (nSPS) is 25.2. The molecular weight excluding hydrogens is 214 g/mol. The molecule has 1 aliphatic rings. The number of carbonyl (C=O) groups is 1. The SMILES string of the molecule is CC(C)CN1CC(C)(C)CNC(=O)C1CC#N. The van der Waals surface area contributed by atoms with Crippen LogP contribution in [0.4, 0.5) is 0 Å². The Balaban J connectivity index is 2.88. The first-order valence-corrected chi connectivity index (χ1v) is 6.24. The predicted octanol–water partition coefficient (Wildman–Crippen LogP) is 1.38. The highest BCUT2D eigenvalue weighted by Crippen LogP contribution is 2.22. The third-order valence-electron chi connectivity index (χ3n) is 3.00. The quantitative estimate of drug-likeness (QED) is 0.807. The summed E-state index contributed by atoms with van der Waals surface area (Å²) in [6.45, 7) is 11.0. The van der Waals surface area contributed by atoms with Crippen molar-refractivity contribution in [3.63, 3.8) is 0 Å². The van der Waals surface area contributed by atoms with Gasteiger partial charge in [0.25, 0.3) is 0 Å². The molecule has 1 heterocycles. The molecule has 1 unspecified atom stereocenters. The molecule has 1 fully saturated rings. The number of rotatable bonds is 3. The molecule has 0 aromatic rings. The number of carbonyl (C=O) groups excluding carboxylic acids is 1. The van der Waals surface area contributed by atoms with Crippen LogP contribution in [0.3, 0.4) is 0 Å². The van der Waals surface area contributed by atoms with Crippen LogP contribution >= 0.6 is 0 Å². The Morgan fingerprint density at radius 1 is 1.59 bits per heavy atom. The van der Waals surface area contributed by atoms with Gasteiger partial charge in [0.1, 0.15) is 6.04 Å². The van der Waals surface area contributed by atoms with Crippen molar-refractivity contribution in [2.24, 2.45) is 11.3 Å². The van der Waals surface area contributed by atoms with Gasteiger partial charge in [-0.15, -0.1) is 0 Å². The van der Waals surface area contributed by atoms with E-state index in [1.54, 1.807) is 0 Å². The lowest BCUT2D eigenvalue weighted by Gasteiger charge is -2.32. The van der Waals surface area contributed by atoms with Gasteiger partial charge in [-0.2, -0.15) is 5.26 Å². The Kier molecular flexibility index (Phi) is 4.53. The molecule has 0 aromatic carbocycles. The fourth-order valence-corrected chi connectivity index (χ4v) is 2.29. The van der Waals surface area contributed by atoms with Gasteiger partial charge in [0.15, 0.2) is 0 Å². The fraction of sp³-hybridized carbons (Fsp3) is 0.846. The Morgan fingerprint density at radius 2 is 2.24 bits per heavy atom. The highest BCUT2D eigenvalue weighted by atomic mass is 16.2. The van der Waals surface area contributed by atoms with E-state index in [4.69, 9.17) is 5.26 Å². The summed E-state index contributed by atoms with van der Waals surface area (Å²) in [4.78, 5) is 14.1. The van der Waals surface area contributed by atoms with Crippen molar-refractivity contribution in [1.82, 2.24) is 10.2 Å². The van der Waals surface area contributed by atoms with Crippen LogP contribution in [0.2, 0.25) is 0 Å². The van der Waals surface area contributed by atoms with Crippen molar-refractivity contribution in [2.45, 2.75) is 40.2 Å². The van der Waals surface area contributed by atoms with Crippen LogP contribution in [0.1, 0.15) is 34.1 Å². The lowest BCUT2D eigenvalue weighted by atomic mass is 9.92. The molecule has 0 aliphatic carbocycles. The molecule has 96 valence electrons. The summed E-state index contributed by atoms with van der Waals surface area (Å²) < 4.78 is 0. The van der Waals surface area contributed by atoms with Crippen molar-refractivity contribution in [3.05, 3.63) is 0 Å². The Labute approximate surface area is 104 Å². The van der Waals surface area contributed by atoms with Gasteiger partial charge in [0.05, 0.1) is 12.5 Å². The van der Waals surface area contributed by atoms with E-state index in [1.165, 1.54) is 0 Å². The zero-order valence-electron chi connectivity index (χ0n) is 11.3. The highest BCUT2D eigenvalue weighted by molar-refractivity contribution is 5.82. The Morgan fingerprint density at radius 3 is 2.76 bits per heavy atom. The maximum absolute atomic E-state index is 12.0. The van der Waals surface area contributed by atoms with Crippen LogP contribution < -0.4 is 5.32 Å². The van der Waals surface area contributed by atoms with Crippen LogP contribution in [0.5, 0.6) is 0 Å². The molecule has 1 N–H and O–H groups in total. The number of nitriles is 1. The predicted molar refractivity (Wildman–Crippen MR) is 67.2 cm³/mol. The topological polar surface area (TPSA) is 56.1 Å². The molecule has 4 heteroatoms. The molecule has 0 bridgehead atoms. The van der Waals surface area contributed by atoms with Gasteiger partial charge in [0.2, 0.25) is 5.91 Å². The van der Waals surface area contributed by atoms with E-state index in [-0.39, 0.29) is 23.8 Å². The first-order chi connectivity index (χ1) is 7.85. The second-order valence-electron chi connectivity index (χ2n) is 6.08. The van der Waals surface area contributed by atoms with Gasteiger partial charge in [-0.3, -0.25) is 9.69 Å². The van der Waals surface area contributed by atoms with Crippen molar-refractivity contribution in [3.8, 4) is 6.07 Å². The van der Waals surface area contributed by atoms with E-state index >= 15 is 0 Å².